The van der Waals surface area contributed by atoms with Gasteiger partial charge in [-0.3, -0.25) is 9.78 Å². The molecule has 1 saturated heterocycles. The molecule has 7 nitrogen and oxygen atoms in total. The highest BCUT2D eigenvalue weighted by Crippen LogP contribution is 2.20. The summed E-state index contributed by atoms with van der Waals surface area (Å²) < 4.78 is 1.73. The quantitative estimate of drug-likeness (QED) is 0.752. The van der Waals surface area contributed by atoms with Crippen LogP contribution in [0.15, 0.2) is 36.5 Å². The number of hydrogen-bond acceptors (Lipinski definition) is 5. The fourth-order valence-corrected chi connectivity index (χ4v) is 3.70. The monoisotopic (exact) mass is 364 g/mol. The summed E-state index contributed by atoms with van der Waals surface area (Å²) in [6.07, 6.45) is 3.68. The highest BCUT2D eigenvalue weighted by atomic mass is 16.2. The number of benzene rings is 1. The fraction of sp³-hybridized carbons (Fsp3) is 0.400. The Morgan fingerprint density at radius 2 is 2.26 bits per heavy atom. The molecule has 140 valence electrons. The van der Waals surface area contributed by atoms with Crippen LogP contribution in [0.5, 0.6) is 0 Å². The normalized spacial score (nSPS) is 16.7. The zero-order valence-corrected chi connectivity index (χ0v) is 15.7. The van der Waals surface area contributed by atoms with E-state index in [1.165, 1.54) is 0 Å². The first-order valence-electron chi connectivity index (χ1n) is 9.48. The van der Waals surface area contributed by atoms with E-state index < -0.39 is 0 Å². The molecule has 2 aromatic heterocycles. The SMILES string of the molecule is CCCN(C(=O)c1nnn(-c2ccc3ncccc3c2)c1C)C1CCNC1. The summed E-state index contributed by atoms with van der Waals surface area (Å²) in [5, 5.41) is 12.9. The average molecular weight is 364 g/mol. The molecule has 1 atom stereocenters. The van der Waals surface area contributed by atoms with Gasteiger partial charge in [-0.2, -0.15) is 0 Å². The van der Waals surface area contributed by atoms with E-state index in [0.29, 0.717) is 5.69 Å². The second-order valence-electron chi connectivity index (χ2n) is 6.96. The van der Waals surface area contributed by atoms with Crippen molar-refractivity contribution in [3.05, 3.63) is 47.9 Å². The van der Waals surface area contributed by atoms with Crippen LogP contribution in [0.4, 0.5) is 0 Å². The maximum Gasteiger partial charge on any atom is 0.276 e. The maximum absolute atomic E-state index is 13.2. The molecular weight excluding hydrogens is 340 g/mol. The van der Waals surface area contributed by atoms with E-state index in [-0.39, 0.29) is 11.9 Å². The number of fused-ring (bicyclic) bond motifs is 1. The summed E-state index contributed by atoms with van der Waals surface area (Å²) in [5.74, 6) is -0.0308. The molecule has 1 aromatic carbocycles. The first-order valence-corrected chi connectivity index (χ1v) is 9.48. The number of carbonyl (C=O) groups excluding carboxylic acids is 1. The van der Waals surface area contributed by atoms with Gasteiger partial charge in [0.15, 0.2) is 5.69 Å². The molecule has 0 radical (unpaired) electrons. The molecule has 0 saturated carbocycles. The molecule has 1 unspecified atom stereocenters. The molecule has 3 aromatic rings. The van der Waals surface area contributed by atoms with Crippen LogP contribution in [0.1, 0.15) is 35.9 Å². The van der Waals surface area contributed by atoms with Crippen molar-refractivity contribution in [3.63, 3.8) is 0 Å². The number of nitrogens with one attached hydrogen (secondary N) is 1. The van der Waals surface area contributed by atoms with E-state index in [2.05, 4.69) is 27.5 Å². The van der Waals surface area contributed by atoms with Crippen LogP contribution in [0, 0.1) is 6.92 Å². The number of pyridine rings is 1. The standard InChI is InChI=1S/C20H24N6O/c1-3-11-25(17-8-10-21-13-17)20(27)19-14(2)26(24-23-19)16-6-7-18-15(12-16)5-4-9-22-18/h4-7,9,12,17,21H,3,8,10-11,13H2,1-2H3. The van der Waals surface area contributed by atoms with Gasteiger partial charge in [0.2, 0.25) is 0 Å². The van der Waals surface area contributed by atoms with Gasteiger partial charge in [0.05, 0.1) is 16.9 Å². The topological polar surface area (TPSA) is 75.9 Å². The molecular formula is C20H24N6O. The Labute approximate surface area is 158 Å². The van der Waals surface area contributed by atoms with E-state index >= 15 is 0 Å². The number of amides is 1. The Balaban J connectivity index is 1.66. The fourth-order valence-electron chi connectivity index (χ4n) is 3.70. The van der Waals surface area contributed by atoms with Crippen molar-refractivity contribution >= 4 is 16.8 Å². The van der Waals surface area contributed by atoms with Gasteiger partial charge in [-0.05, 0) is 50.6 Å². The molecule has 1 N–H and O–H groups in total. The third kappa shape index (κ3) is 3.30. The molecule has 27 heavy (non-hydrogen) atoms. The Hall–Kier alpha value is -2.80. The summed E-state index contributed by atoms with van der Waals surface area (Å²) in [7, 11) is 0. The van der Waals surface area contributed by atoms with E-state index in [0.717, 1.165) is 54.8 Å². The number of nitrogens with zero attached hydrogens (tertiary/aromatic N) is 5. The number of aromatic nitrogens is 4. The molecule has 3 heterocycles. The Kier molecular flexibility index (Phi) is 4.85. The van der Waals surface area contributed by atoms with E-state index in [1.54, 1.807) is 10.9 Å². The molecule has 1 aliphatic heterocycles. The van der Waals surface area contributed by atoms with Crippen molar-refractivity contribution in [2.75, 3.05) is 19.6 Å². The number of rotatable bonds is 5. The number of carbonyl (C=O) groups is 1. The van der Waals surface area contributed by atoms with Crippen LogP contribution in [-0.4, -0.2) is 56.5 Å². The lowest BCUT2D eigenvalue weighted by Gasteiger charge is -2.27. The van der Waals surface area contributed by atoms with Gasteiger partial charge in [-0.25, -0.2) is 4.68 Å². The lowest BCUT2D eigenvalue weighted by Crippen LogP contribution is -2.42. The van der Waals surface area contributed by atoms with Crippen molar-refractivity contribution in [2.24, 2.45) is 0 Å². The molecule has 1 fully saturated rings. The minimum atomic E-state index is -0.0308. The summed E-state index contributed by atoms with van der Waals surface area (Å²) in [5.41, 5.74) is 3.00. The predicted molar refractivity (Wildman–Crippen MR) is 104 cm³/mol. The van der Waals surface area contributed by atoms with Crippen LogP contribution < -0.4 is 5.32 Å². The molecule has 1 aliphatic rings. The van der Waals surface area contributed by atoms with Crippen LogP contribution >= 0.6 is 0 Å². The minimum Gasteiger partial charge on any atom is -0.333 e. The van der Waals surface area contributed by atoms with Gasteiger partial charge in [0, 0.05) is 30.7 Å². The first kappa shape index (κ1) is 17.6. The Bertz CT molecular complexity index is 960. The third-order valence-corrected chi connectivity index (χ3v) is 5.13. The smallest absolute Gasteiger partial charge is 0.276 e. The second-order valence-corrected chi connectivity index (χ2v) is 6.96. The minimum absolute atomic E-state index is 0.0308. The van der Waals surface area contributed by atoms with Gasteiger partial charge in [-0.1, -0.05) is 18.2 Å². The lowest BCUT2D eigenvalue weighted by molar-refractivity contribution is 0.0685. The van der Waals surface area contributed by atoms with Crippen LogP contribution in [0.25, 0.3) is 16.6 Å². The zero-order chi connectivity index (χ0) is 18.8. The largest absolute Gasteiger partial charge is 0.333 e. The zero-order valence-electron chi connectivity index (χ0n) is 15.7. The van der Waals surface area contributed by atoms with E-state index in [9.17, 15) is 4.79 Å². The first-order chi connectivity index (χ1) is 13.2. The van der Waals surface area contributed by atoms with Crippen LogP contribution in [-0.2, 0) is 0 Å². The lowest BCUT2D eigenvalue weighted by atomic mass is 10.1. The number of hydrogen-bond donors (Lipinski definition) is 1. The van der Waals surface area contributed by atoms with Crippen molar-refractivity contribution in [1.29, 1.82) is 0 Å². The summed E-state index contributed by atoms with van der Waals surface area (Å²) in [4.78, 5) is 19.5. The molecule has 0 aliphatic carbocycles. The van der Waals surface area contributed by atoms with E-state index in [4.69, 9.17) is 0 Å². The Morgan fingerprint density at radius 3 is 3.04 bits per heavy atom. The highest BCUT2D eigenvalue weighted by molar-refractivity contribution is 5.93. The van der Waals surface area contributed by atoms with Crippen LogP contribution in [0.2, 0.25) is 0 Å². The molecule has 4 rings (SSSR count). The molecule has 7 heteroatoms. The van der Waals surface area contributed by atoms with Crippen molar-refractivity contribution < 1.29 is 4.79 Å². The summed E-state index contributed by atoms with van der Waals surface area (Å²) >= 11 is 0. The molecule has 0 bridgehead atoms. The van der Waals surface area contributed by atoms with Gasteiger partial charge < -0.3 is 10.2 Å². The second kappa shape index (κ2) is 7.44. The van der Waals surface area contributed by atoms with E-state index in [1.807, 2.05) is 42.2 Å². The van der Waals surface area contributed by atoms with Crippen molar-refractivity contribution in [2.45, 2.75) is 32.7 Å². The highest BCUT2D eigenvalue weighted by Gasteiger charge is 2.30. The van der Waals surface area contributed by atoms with Gasteiger partial charge in [-0.15, -0.1) is 5.10 Å². The van der Waals surface area contributed by atoms with Crippen molar-refractivity contribution in [3.8, 4) is 5.69 Å². The average Bonchev–Trinajstić information content (AvgIpc) is 3.35. The summed E-state index contributed by atoms with van der Waals surface area (Å²) in [6.45, 7) is 6.53. The predicted octanol–water partition coefficient (Wildman–Crippen LogP) is 2.34. The molecule has 1 amide bonds. The Morgan fingerprint density at radius 1 is 1.37 bits per heavy atom. The molecule has 0 spiro atoms. The van der Waals surface area contributed by atoms with Gasteiger partial charge in [0.1, 0.15) is 0 Å². The maximum atomic E-state index is 13.2. The van der Waals surface area contributed by atoms with Crippen LogP contribution in [0.3, 0.4) is 0 Å². The van der Waals surface area contributed by atoms with Crippen molar-refractivity contribution in [1.82, 2.24) is 30.2 Å². The summed E-state index contributed by atoms with van der Waals surface area (Å²) in [6, 6.07) is 10.1. The third-order valence-electron chi connectivity index (χ3n) is 5.13. The van der Waals surface area contributed by atoms with Gasteiger partial charge in [0.25, 0.3) is 5.91 Å². The van der Waals surface area contributed by atoms with Gasteiger partial charge >= 0.3 is 0 Å².